The fourth-order valence-electron chi connectivity index (χ4n) is 13.1. The number of ether oxygens (including phenoxy) is 3. The van der Waals surface area contributed by atoms with Gasteiger partial charge in [-0.15, -0.1) is 0 Å². The second kappa shape index (κ2) is 21.7. The van der Waals surface area contributed by atoms with Gasteiger partial charge in [0.25, 0.3) is 21.8 Å². The molecular weight excluding hydrogens is 1020 g/mol. The Balaban J connectivity index is 0.794. The van der Waals surface area contributed by atoms with Crippen molar-refractivity contribution in [2.45, 2.75) is 121 Å². The molecule has 6 aromatic rings. The third-order valence-electron chi connectivity index (χ3n) is 17.7. The minimum absolute atomic E-state index is 0.0285. The maximum atomic E-state index is 15.0. The van der Waals surface area contributed by atoms with E-state index < -0.39 is 27.3 Å². The van der Waals surface area contributed by atoms with Gasteiger partial charge in [0.05, 0.1) is 36.5 Å². The number of amides is 1. The summed E-state index contributed by atoms with van der Waals surface area (Å²) in [5, 5.41) is 13.7. The molecule has 2 aliphatic heterocycles. The molecule has 3 aromatic carbocycles. The van der Waals surface area contributed by atoms with Crippen LogP contribution in [0.5, 0.6) is 23.1 Å². The van der Waals surface area contributed by atoms with Gasteiger partial charge in [-0.25, -0.2) is 22.5 Å². The summed E-state index contributed by atoms with van der Waals surface area (Å²) >= 11 is 0. The molecule has 5 aliphatic rings. The molecule has 3 aromatic heterocycles. The molecule has 2 saturated heterocycles. The molecule has 418 valence electrons. The molecule has 18 heteroatoms. The standard InChI is InChI=1S/C61H74FN9O7S/c1-37(2)44-9-7-8-10-45(44)52-36-69(35-40-11-14-53(76-5)48-26-38(3)25-47(40)48)23-24-71(52)42-30-61(31-42)19-21-70(22-20-61)41-12-13-46(54(27-41)78-55-29-49-50(62)34-66-56(49)67-59(55)77-6)58(72)68-79(74,75)43-28-51(63)57(65-33-43)64-32-39-15-17-60(4,73)18-16-39/h7-14,25,27-29,33-34,37,39,42,52,73H,15-24,26,30-32,35-36,63H2,1-6H3,(H,64,65)(H,66,67)(H,68,72)/t39-,52?,60-. The van der Waals surface area contributed by atoms with E-state index in [-0.39, 0.29) is 56.0 Å². The highest BCUT2D eigenvalue weighted by Crippen LogP contribution is 2.54. The van der Waals surface area contributed by atoms with Crippen LogP contribution in [0.2, 0.25) is 0 Å². The van der Waals surface area contributed by atoms with Crippen LogP contribution >= 0.6 is 0 Å². The molecule has 16 nitrogen and oxygen atoms in total. The van der Waals surface area contributed by atoms with E-state index in [0.717, 1.165) is 102 Å². The second-order valence-electron chi connectivity index (χ2n) is 23.5. The van der Waals surface area contributed by atoms with Crippen LogP contribution in [-0.2, 0) is 23.0 Å². The highest BCUT2D eigenvalue weighted by molar-refractivity contribution is 7.90. The molecular formula is C61H74FN9O7S. The van der Waals surface area contributed by atoms with Crippen molar-refractivity contribution in [1.29, 1.82) is 0 Å². The van der Waals surface area contributed by atoms with Crippen LogP contribution in [0.25, 0.3) is 17.1 Å². The number of nitrogens with one attached hydrogen (secondary N) is 3. The number of pyridine rings is 2. The number of nitrogens with zero attached hydrogens (tertiary/aromatic N) is 5. The van der Waals surface area contributed by atoms with Crippen LogP contribution < -0.4 is 34.9 Å². The molecule has 0 bridgehead atoms. The van der Waals surface area contributed by atoms with Gasteiger partial charge in [0, 0.05) is 93.7 Å². The number of nitrogen functional groups attached to an aromatic ring is 1. The summed E-state index contributed by atoms with van der Waals surface area (Å²) in [7, 11) is -1.32. The number of halogens is 1. The van der Waals surface area contributed by atoms with E-state index >= 15 is 0 Å². The molecule has 1 atom stereocenters. The van der Waals surface area contributed by atoms with E-state index in [2.05, 4.69) is 103 Å². The number of allylic oxidation sites excluding steroid dienone is 1. The lowest BCUT2D eigenvalue weighted by atomic mass is 9.59. The summed E-state index contributed by atoms with van der Waals surface area (Å²) in [5.74, 6) is 0.592. The van der Waals surface area contributed by atoms with Crippen LogP contribution in [0.15, 0.2) is 89.6 Å². The predicted octanol–water partition coefficient (Wildman–Crippen LogP) is 10.4. The Kier molecular flexibility index (Phi) is 14.9. The molecule has 2 saturated carbocycles. The Hall–Kier alpha value is -6.73. The van der Waals surface area contributed by atoms with Gasteiger partial charge in [-0.1, -0.05) is 55.8 Å². The van der Waals surface area contributed by atoms with E-state index in [0.29, 0.717) is 43.1 Å². The quantitative estimate of drug-likeness (QED) is 0.0613. The number of carbonyl (C=O) groups excluding carboxylic acids is 1. The SMILES string of the molecule is COc1ccc(CN2CCN(C3CC4(CCN(c5ccc(C(=O)NS(=O)(=O)c6cnc(NC[C@H]7CC[C@](C)(O)CC7)c(N)c6)c(Oc6cc7c(F)c[nH]c7nc6OC)c5)CC4)C3)C(c3ccccc3C(C)C)C2)c2c1CC(C)=C2. The Morgan fingerprint density at radius 1 is 0.962 bits per heavy atom. The monoisotopic (exact) mass is 1100 g/mol. The van der Waals surface area contributed by atoms with Crippen LogP contribution in [0, 0.1) is 17.2 Å². The highest BCUT2D eigenvalue weighted by atomic mass is 32.2. The first-order chi connectivity index (χ1) is 37.9. The molecule has 1 amide bonds. The van der Waals surface area contributed by atoms with Crippen molar-refractivity contribution in [3.05, 3.63) is 124 Å². The van der Waals surface area contributed by atoms with Crippen LogP contribution in [0.4, 0.5) is 21.6 Å². The van der Waals surface area contributed by atoms with Crippen molar-refractivity contribution in [3.8, 4) is 23.1 Å². The number of aromatic nitrogens is 3. The lowest BCUT2D eigenvalue weighted by Gasteiger charge is -2.58. The summed E-state index contributed by atoms with van der Waals surface area (Å²) in [6.07, 6.45) is 12.9. The number of anilines is 3. The van der Waals surface area contributed by atoms with Crippen molar-refractivity contribution in [3.63, 3.8) is 0 Å². The lowest BCUT2D eigenvalue weighted by Crippen LogP contribution is -2.60. The zero-order valence-electron chi connectivity index (χ0n) is 46.2. The third kappa shape index (κ3) is 11.1. The molecule has 1 spiro atoms. The molecule has 5 heterocycles. The number of nitrogens with two attached hydrogens (primary N) is 1. The summed E-state index contributed by atoms with van der Waals surface area (Å²) in [6, 6.07) is 21.9. The largest absolute Gasteiger partial charge is 0.496 e. The fraction of sp³-hybridized carbons (Fsp3) is 0.459. The normalized spacial score (nSPS) is 21.7. The van der Waals surface area contributed by atoms with Crippen LogP contribution in [-0.4, -0.2) is 109 Å². The number of H-pyrrole nitrogens is 1. The fourth-order valence-corrected chi connectivity index (χ4v) is 14.1. The number of aliphatic hydroxyl groups is 1. The maximum Gasteiger partial charge on any atom is 0.268 e. The van der Waals surface area contributed by atoms with Gasteiger partial charge in [0.2, 0.25) is 0 Å². The van der Waals surface area contributed by atoms with Gasteiger partial charge >= 0.3 is 0 Å². The van der Waals surface area contributed by atoms with Crippen molar-refractivity contribution in [2.24, 2.45) is 11.3 Å². The molecule has 4 fully saturated rings. The van der Waals surface area contributed by atoms with Crippen molar-refractivity contribution in [1.82, 2.24) is 29.5 Å². The van der Waals surface area contributed by atoms with Gasteiger partial charge in [-0.3, -0.25) is 14.6 Å². The van der Waals surface area contributed by atoms with Crippen molar-refractivity contribution in [2.75, 3.05) is 69.4 Å². The van der Waals surface area contributed by atoms with E-state index in [1.807, 2.05) is 13.0 Å². The van der Waals surface area contributed by atoms with Gasteiger partial charge in [0.1, 0.15) is 33.7 Å². The number of hydrogen-bond acceptors (Lipinski definition) is 14. The van der Waals surface area contributed by atoms with E-state index in [9.17, 15) is 22.7 Å². The number of rotatable bonds is 16. The van der Waals surface area contributed by atoms with E-state index in [4.69, 9.17) is 19.9 Å². The van der Waals surface area contributed by atoms with Gasteiger partial charge in [-0.05, 0) is 135 Å². The first kappa shape index (κ1) is 54.2. The summed E-state index contributed by atoms with van der Waals surface area (Å²) in [6.45, 7) is 14.6. The molecule has 11 rings (SSSR count). The Morgan fingerprint density at radius 2 is 1.73 bits per heavy atom. The Bertz CT molecular complexity index is 3410. The smallest absolute Gasteiger partial charge is 0.268 e. The number of methoxy groups -OCH3 is 2. The van der Waals surface area contributed by atoms with Gasteiger partial charge < -0.3 is 40.3 Å². The number of hydrogen-bond donors (Lipinski definition) is 5. The Labute approximate surface area is 463 Å². The summed E-state index contributed by atoms with van der Waals surface area (Å²) < 4.78 is 62.7. The van der Waals surface area contributed by atoms with Crippen LogP contribution in [0.1, 0.15) is 129 Å². The molecule has 1 unspecified atom stereocenters. The summed E-state index contributed by atoms with van der Waals surface area (Å²) in [5.41, 5.74) is 15.1. The number of aromatic amines is 1. The van der Waals surface area contributed by atoms with Gasteiger partial charge in [-0.2, -0.15) is 4.98 Å². The molecule has 6 N–H and O–H groups in total. The first-order valence-electron chi connectivity index (χ1n) is 27.9. The second-order valence-corrected chi connectivity index (χ2v) is 25.2. The predicted molar refractivity (Wildman–Crippen MR) is 306 cm³/mol. The number of piperidine rings is 1. The summed E-state index contributed by atoms with van der Waals surface area (Å²) in [4.78, 5) is 33.2. The van der Waals surface area contributed by atoms with Gasteiger partial charge in [0.15, 0.2) is 5.75 Å². The number of sulfonamides is 1. The number of carbonyl (C=O) groups is 1. The van der Waals surface area contributed by atoms with Crippen molar-refractivity contribution >= 4 is 50.2 Å². The average molecular weight is 1100 g/mol. The number of piperazine rings is 1. The van der Waals surface area contributed by atoms with E-state index in [1.165, 1.54) is 58.8 Å². The molecule has 3 aliphatic carbocycles. The molecule has 0 radical (unpaired) electrons. The minimum atomic E-state index is -4.49. The minimum Gasteiger partial charge on any atom is -0.496 e. The maximum absolute atomic E-state index is 15.0. The third-order valence-corrected chi connectivity index (χ3v) is 19.0. The zero-order valence-corrected chi connectivity index (χ0v) is 47.0. The zero-order chi connectivity index (χ0) is 55.4. The van der Waals surface area contributed by atoms with Crippen LogP contribution in [0.3, 0.4) is 0 Å². The topological polar surface area (TPSA) is 200 Å². The Morgan fingerprint density at radius 3 is 2.47 bits per heavy atom. The number of fused-ring (bicyclic) bond motifs is 2. The first-order valence-corrected chi connectivity index (χ1v) is 29.4. The lowest BCUT2D eigenvalue weighted by molar-refractivity contribution is -0.0628. The average Bonchev–Trinajstić information content (AvgIpc) is 4.03. The van der Waals surface area contributed by atoms with E-state index in [1.54, 1.807) is 19.2 Å². The number of benzene rings is 3. The highest BCUT2D eigenvalue weighted by Gasteiger charge is 2.50. The molecule has 79 heavy (non-hydrogen) atoms. The van der Waals surface area contributed by atoms with Crippen molar-refractivity contribution < 1.29 is 36.9 Å².